The summed E-state index contributed by atoms with van der Waals surface area (Å²) in [5, 5.41) is 0. The van der Waals surface area contributed by atoms with Crippen molar-refractivity contribution in [2.75, 3.05) is 37.6 Å². The highest BCUT2D eigenvalue weighted by molar-refractivity contribution is 7.98. The van der Waals surface area contributed by atoms with Crippen LogP contribution in [-0.2, 0) is 4.74 Å². The summed E-state index contributed by atoms with van der Waals surface area (Å²) in [7, 11) is 3.25. The second-order valence-corrected chi connectivity index (χ2v) is 4.15. The number of hydrogen-bond donors (Lipinski definition) is 0. The number of thioether (sulfide) groups is 1. The normalized spacial score (nSPS) is 9.94. The Morgan fingerprint density at radius 2 is 2.31 bits per heavy atom. The van der Waals surface area contributed by atoms with Gasteiger partial charge < -0.3 is 9.64 Å². The van der Waals surface area contributed by atoms with Crippen LogP contribution < -0.4 is 4.90 Å². The van der Waals surface area contributed by atoms with Crippen LogP contribution in [-0.4, -0.2) is 48.6 Å². The van der Waals surface area contributed by atoms with Gasteiger partial charge in [-0.1, -0.05) is 0 Å². The van der Waals surface area contributed by atoms with Gasteiger partial charge in [0.25, 0.3) is 0 Å². The van der Waals surface area contributed by atoms with E-state index in [1.54, 1.807) is 18.0 Å². The Kier molecular flexibility index (Phi) is 5.04. The second kappa shape index (κ2) is 6.32. The summed E-state index contributed by atoms with van der Waals surface area (Å²) in [5.74, 6) is 1.21. The van der Waals surface area contributed by atoms with Crippen molar-refractivity contribution in [3.05, 3.63) is 18.1 Å². The molecule has 0 aliphatic heterocycles. The Bertz CT molecular complexity index is 360. The van der Waals surface area contributed by atoms with Crippen LogP contribution in [0.25, 0.3) is 0 Å². The molecule has 1 aromatic rings. The van der Waals surface area contributed by atoms with E-state index in [0.717, 1.165) is 12.3 Å². The standard InChI is InChI=1S/C10H15N3O2S/c1-13(4-5-16-3)9-7-11-6-8(12-9)10(14)15-2/h6-7H,4-5H2,1-3H3. The number of rotatable bonds is 5. The number of methoxy groups -OCH3 is 1. The topological polar surface area (TPSA) is 55.3 Å². The van der Waals surface area contributed by atoms with Gasteiger partial charge in [-0.05, 0) is 6.26 Å². The molecule has 5 nitrogen and oxygen atoms in total. The largest absolute Gasteiger partial charge is 0.464 e. The first kappa shape index (κ1) is 12.8. The molecule has 6 heteroatoms. The molecule has 0 saturated carbocycles. The third-order valence-corrected chi connectivity index (χ3v) is 2.63. The summed E-state index contributed by atoms with van der Waals surface area (Å²) >= 11 is 1.76. The third-order valence-electron chi connectivity index (χ3n) is 2.04. The molecule has 0 aliphatic rings. The fourth-order valence-electron chi connectivity index (χ4n) is 1.09. The van der Waals surface area contributed by atoms with Crippen LogP contribution in [0, 0.1) is 0 Å². The summed E-state index contributed by atoms with van der Waals surface area (Å²) < 4.78 is 4.59. The Morgan fingerprint density at radius 1 is 1.56 bits per heavy atom. The highest BCUT2D eigenvalue weighted by atomic mass is 32.2. The zero-order valence-corrected chi connectivity index (χ0v) is 10.5. The van der Waals surface area contributed by atoms with E-state index in [1.165, 1.54) is 13.3 Å². The van der Waals surface area contributed by atoms with Crippen LogP contribution in [0.2, 0.25) is 0 Å². The minimum absolute atomic E-state index is 0.232. The van der Waals surface area contributed by atoms with Crippen molar-refractivity contribution >= 4 is 23.5 Å². The number of nitrogens with zero attached hydrogens (tertiary/aromatic N) is 3. The molecular weight excluding hydrogens is 226 g/mol. The van der Waals surface area contributed by atoms with Crippen molar-refractivity contribution < 1.29 is 9.53 Å². The van der Waals surface area contributed by atoms with Gasteiger partial charge in [0.1, 0.15) is 5.82 Å². The summed E-state index contributed by atoms with van der Waals surface area (Å²) in [4.78, 5) is 21.4. The average Bonchev–Trinajstić information content (AvgIpc) is 2.35. The smallest absolute Gasteiger partial charge is 0.358 e. The van der Waals surface area contributed by atoms with E-state index >= 15 is 0 Å². The molecule has 0 saturated heterocycles. The lowest BCUT2D eigenvalue weighted by molar-refractivity contribution is 0.0593. The van der Waals surface area contributed by atoms with Crippen molar-refractivity contribution in [1.82, 2.24) is 9.97 Å². The minimum atomic E-state index is -0.465. The van der Waals surface area contributed by atoms with Gasteiger partial charge in [0.15, 0.2) is 5.69 Å². The maximum atomic E-state index is 11.3. The number of anilines is 1. The molecule has 88 valence electrons. The highest BCUT2D eigenvalue weighted by Gasteiger charge is 2.10. The first-order chi connectivity index (χ1) is 7.69. The molecule has 0 aromatic carbocycles. The van der Waals surface area contributed by atoms with Gasteiger partial charge in [0.05, 0.1) is 19.5 Å². The quantitative estimate of drug-likeness (QED) is 0.719. The Morgan fingerprint density at radius 3 is 2.94 bits per heavy atom. The third kappa shape index (κ3) is 3.37. The predicted molar refractivity (Wildman–Crippen MR) is 65.0 cm³/mol. The van der Waals surface area contributed by atoms with E-state index in [4.69, 9.17) is 0 Å². The average molecular weight is 241 g/mol. The summed E-state index contributed by atoms with van der Waals surface area (Å²) in [6.07, 6.45) is 5.08. The molecule has 1 heterocycles. The van der Waals surface area contributed by atoms with Crippen LogP contribution in [0.15, 0.2) is 12.4 Å². The van der Waals surface area contributed by atoms with Gasteiger partial charge in [0.2, 0.25) is 0 Å². The van der Waals surface area contributed by atoms with Crippen molar-refractivity contribution in [2.24, 2.45) is 0 Å². The molecule has 0 amide bonds. The molecule has 0 bridgehead atoms. The Balaban J connectivity index is 2.77. The molecule has 0 unspecified atom stereocenters. The van der Waals surface area contributed by atoms with Gasteiger partial charge in [-0.3, -0.25) is 4.98 Å². The van der Waals surface area contributed by atoms with Gasteiger partial charge in [-0.2, -0.15) is 11.8 Å². The van der Waals surface area contributed by atoms with Crippen molar-refractivity contribution in [3.63, 3.8) is 0 Å². The molecule has 0 N–H and O–H groups in total. The number of carbonyl (C=O) groups is 1. The molecule has 0 radical (unpaired) electrons. The SMILES string of the molecule is COC(=O)c1cncc(N(C)CCSC)n1. The lowest BCUT2D eigenvalue weighted by Gasteiger charge is -2.17. The molecule has 1 rings (SSSR count). The monoisotopic (exact) mass is 241 g/mol. The maximum absolute atomic E-state index is 11.3. The van der Waals surface area contributed by atoms with Gasteiger partial charge in [0, 0.05) is 19.3 Å². The van der Waals surface area contributed by atoms with E-state index in [-0.39, 0.29) is 5.69 Å². The molecular formula is C10H15N3O2S. The van der Waals surface area contributed by atoms with Crippen molar-refractivity contribution in [2.45, 2.75) is 0 Å². The first-order valence-electron chi connectivity index (χ1n) is 4.79. The van der Waals surface area contributed by atoms with Crippen molar-refractivity contribution in [3.8, 4) is 0 Å². The predicted octanol–water partition coefficient (Wildman–Crippen LogP) is 1.06. The lowest BCUT2D eigenvalue weighted by Crippen LogP contribution is -2.22. The number of esters is 1. The van der Waals surface area contributed by atoms with E-state index < -0.39 is 5.97 Å². The molecule has 0 atom stereocenters. The summed E-state index contributed by atoms with van der Waals surface area (Å²) in [6.45, 7) is 0.862. The molecule has 0 aliphatic carbocycles. The number of ether oxygens (including phenoxy) is 1. The van der Waals surface area contributed by atoms with Gasteiger partial charge in [-0.25, -0.2) is 9.78 Å². The van der Waals surface area contributed by atoms with Crippen LogP contribution >= 0.6 is 11.8 Å². The van der Waals surface area contributed by atoms with Crippen molar-refractivity contribution in [1.29, 1.82) is 0 Å². The van der Waals surface area contributed by atoms with Crippen LogP contribution in [0.5, 0.6) is 0 Å². The summed E-state index contributed by atoms with van der Waals surface area (Å²) in [5.41, 5.74) is 0.232. The fraction of sp³-hybridized carbons (Fsp3) is 0.500. The molecule has 0 fully saturated rings. The number of hydrogen-bond acceptors (Lipinski definition) is 6. The maximum Gasteiger partial charge on any atom is 0.358 e. The van der Waals surface area contributed by atoms with Gasteiger partial charge >= 0.3 is 5.97 Å². The van der Waals surface area contributed by atoms with Crippen LogP contribution in [0.1, 0.15) is 10.5 Å². The molecule has 1 aromatic heterocycles. The lowest BCUT2D eigenvalue weighted by atomic mass is 10.4. The van der Waals surface area contributed by atoms with Gasteiger partial charge in [-0.15, -0.1) is 0 Å². The Hall–Kier alpha value is -1.30. The first-order valence-corrected chi connectivity index (χ1v) is 6.19. The molecule has 0 spiro atoms. The highest BCUT2D eigenvalue weighted by Crippen LogP contribution is 2.08. The molecule has 16 heavy (non-hydrogen) atoms. The van der Waals surface area contributed by atoms with E-state index in [2.05, 4.69) is 14.7 Å². The summed E-state index contributed by atoms with van der Waals surface area (Å²) in [6, 6.07) is 0. The fourth-order valence-corrected chi connectivity index (χ4v) is 1.54. The zero-order valence-electron chi connectivity index (χ0n) is 9.64. The number of carbonyl (C=O) groups excluding carboxylic acids is 1. The van der Waals surface area contributed by atoms with E-state index in [9.17, 15) is 4.79 Å². The minimum Gasteiger partial charge on any atom is -0.464 e. The zero-order chi connectivity index (χ0) is 12.0. The van der Waals surface area contributed by atoms with Crippen LogP contribution in [0.3, 0.4) is 0 Å². The van der Waals surface area contributed by atoms with E-state index in [1.807, 2.05) is 18.2 Å². The second-order valence-electron chi connectivity index (χ2n) is 3.17. The number of aromatic nitrogens is 2. The Labute approximate surface area is 99.2 Å². The van der Waals surface area contributed by atoms with E-state index in [0.29, 0.717) is 5.82 Å². The van der Waals surface area contributed by atoms with Crippen LogP contribution in [0.4, 0.5) is 5.82 Å².